The summed E-state index contributed by atoms with van der Waals surface area (Å²) >= 11 is 0. The van der Waals surface area contributed by atoms with E-state index in [0.717, 1.165) is 31.9 Å². The van der Waals surface area contributed by atoms with Gasteiger partial charge in [-0.15, -0.1) is 0 Å². The van der Waals surface area contributed by atoms with Crippen molar-refractivity contribution in [2.75, 3.05) is 31.6 Å². The van der Waals surface area contributed by atoms with Gasteiger partial charge in [-0.1, -0.05) is 30.3 Å². The van der Waals surface area contributed by atoms with Crippen LogP contribution in [0.4, 0.5) is 10.1 Å². The minimum absolute atomic E-state index is 0.207. The molecule has 0 radical (unpaired) electrons. The SMILES string of the molecule is C[C@H]1CN(Cc2ccc(N(C)C(=O)c3cccc(-c4cccc(F)c4)n3)cc2)CCN1. The van der Waals surface area contributed by atoms with E-state index in [1.807, 2.05) is 12.1 Å². The summed E-state index contributed by atoms with van der Waals surface area (Å²) in [5, 5.41) is 3.46. The molecule has 0 aliphatic carbocycles. The van der Waals surface area contributed by atoms with Gasteiger partial charge < -0.3 is 10.2 Å². The van der Waals surface area contributed by atoms with Crippen LogP contribution < -0.4 is 10.2 Å². The molecule has 5 nitrogen and oxygen atoms in total. The molecular weight excluding hydrogens is 391 g/mol. The van der Waals surface area contributed by atoms with Crippen molar-refractivity contribution in [1.82, 2.24) is 15.2 Å². The third-order valence-electron chi connectivity index (χ3n) is 5.58. The molecule has 1 amide bonds. The van der Waals surface area contributed by atoms with Crippen LogP contribution in [0.1, 0.15) is 23.0 Å². The van der Waals surface area contributed by atoms with Gasteiger partial charge in [0.05, 0.1) is 5.69 Å². The Kier molecular flexibility index (Phi) is 6.39. The zero-order valence-corrected chi connectivity index (χ0v) is 17.9. The first-order valence-corrected chi connectivity index (χ1v) is 10.6. The van der Waals surface area contributed by atoms with Crippen molar-refractivity contribution in [2.24, 2.45) is 0 Å². The van der Waals surface area contributed by atoms with Crippen molar-refractivity contribution in [3.05, 3.63) is 83.8 Å². The van der Waals surface area contributed by atoms with Gasteiger partial charge in [0.25, 0.3) is 5.91 Å². The van der Waals surface area contributed by atoms with Crippen LogP contribution in [0.5, 0.6) is 0 Å². The van der Waals surface area contributed by atoms with Gasteiger partial charge in [0.2, 0.25) is 0 Å². The lowest BCUT2D eigenvalue weighted by molar-refractivity contribution is 0.0988. The molecule has 0 bridgehead atoms. The Morgan fingerprint density at radius 3 is 2.68 bits per heavy atom. The first kappa shape index (κ1) is 21.2. The molecular formula is C25H27FN4O. The number of hydrogen-bond donors (Lipinski definition) is 1. The van der Waals surface area contributed by atoms with Gasteiger partial charge in [0.1, 0.15) is 11.5 Å². The smallest absolute Gasteiger partial charge is 0.276 e. The van der Waals surface area contributed by atoms with Gasteiger partial charge in [0.15, 0.2) is 0 Å². The van der Waals surface area contributed by atoms with Crippen molar-refractivity contribution >= 4 is 11.6 Å². The van der Waals surface area contributed by atoms with E-state index in [2.05, 4.69) is 34.3 Å². The minimum atomic E-state index is -0.330. The number of nitrogens with one attached hydrogen (secondary N) is 1. The number of benzene rings is 2. The molecule has 2 heterocycles. The Labute approximate surface area is 182 Å². The number of carbonyl (C=O) groups is 1. The van der Waals surface area contributed by atoms with Gasteiger partial charge in [-0.25, -0.2) is 9.37 Å². The van der Waals surface area contributed by atoms with E-state index in [-0.39, 0.29) is 11.7 Å². The maximum Gasteiger partial charge on any atom is 0.276 e. The number of anilines is 1. The summed E-state index contributed by atoms with van der Waals surface area (Å²) in [5.74, 6) is -0.537. The third kappa shape index (κ3) is 5.16. The van der Waals surface area contributed by atoms with E-state index in [1.54, 1.807) is 42.3 Å². The number of rotatable bonds is 5. The number of aromatic nitrogens is 1. The second-order valence-electron chi connectivity index (χ2n) is 8.04. The highest BCUT2D eigenvalue weighted by Gasteiger charge is 2.18. The van der Waals surface area contributed by atoms with Crippen LogP contribution in [0.2, 0.25) is 0 Å². The van der Waals surface area contributed by atoms with E-state index in [9.17, 15) is 9.18 Å². The molecule has 3 aromatic rings. The molecule has 0 spiro atoms. The Balaban J connectivity index is 1.46. The average molecular weight is 419 g/mol. The molecule has 1 aliphatic heterocycles. The zero-order chi connectivity index (χ0) is 21.8. The molecule has 1 saturated heterocycles. The molecule has 31 heavy (non-hydrogen) atoms. The van der Waals surface area contributed by atoms with Gasteiger partial charge in [-0.05, 0) is 48.9 Å². The largest absolute Gasteiger partial charge is 0.312 e. The summed E-state index contributed by atoms with van der Waals surface area (Å²) < 4.78 is 13.6. The number of piperazine rings is 1. The van der Waals surface area contributed by atoms with Crippen molar-refractivity contribution in [2.45, 2.75) is 19.5 Å². The molecule has 0 unspecified atom stereocenters. The Bertz CT molecular complexity index is 1050. The molecule has 6 heteroatoms. The van der Waals surface area contributed by atoms with E-state index >= 15 is 0 Å². The summed E-state index contributed by atoms with van der Waals surface area (Å²) in [6, 6.07) is 20.0. The summed E-state index contributed by atoms with van der Waals surface area (Å²) in [7, 11) is 1.74. The lowest BCUT2D eigenvalue weighted by Crippen LogP contribution is -2.48. The summed E-state index contributed by atoms with van der Waals surface area (Å²) in [6.45, 7) is 6.19. The monoisotopic (exact) mass is 418 g/mol. The zero-order valence-electron chi connectivity index (χ0n) is 17.9. The van der Waals surface area contributed by atoms with Crippen LogP contribution in [-0.2, 0) is 6.54 Å². The van der Waals surface area contributed by atoms with E-state index in [4.69, 9.17) is 0 Å². The number of hydrogen-bond acceptors (Lipinski definition) is 4. The number of amides is 1. The first-order valence-electron chi connectivity index (χ1n) is 10.6. The van der Waals surface area contributed by atoms with Gasteiger partial charge in [0, 0.05) is 50.5 Å². The van der Waals surface area contributed by atoms with Crippen LogP contribution in [0.25, 0.3) is 11.3 Å². The minimum Gasteiger partial charge on any atom is -0.312 e. The third-order valence-corrected chi connectivity index (χ3v) is 5.58. The lowest BCUT2D eigenvalue weighted by Gasteiger charge is -2.31. The summed E-state index contributed by atoms with van der Waals surface area (Å²) in [6.07, 6.45) is 0. The topological polar surface area (TPSA) is 48.5 Å². The van der Waals surface area contributed by atoms with E-state index in [0.29, 0.717) is 23.0 Å². The Morgan fingerprint density at radius 1 is 1.16 bits per heavy atom. The van der Waals surface area contributed by atoms with Crippen molar-refractivity contribution in [3.8, 4) is 11.3 Å². The molecule has 1 aromatic heterocycles. The summed E-state index contributed by atoms with van der Waals surface area (Å²) in [5.41, 5.74) is 3.57. The normalized spacial score (nSPS) is 16.8. The highest BCUT2D eigenvalue weighted by atomic mass is 19.1. The Hall–Kier alpha value is -3.09. The number of nitrogens with zero attached hydrogens (tertiary/aromatic N) is 3. The molecule has 1 aliphatic rings. The van der Waals surface area contributed by atoms with Crippen molar-refractivity contribution < 1.29 is 9.18 Å². The van der Waals surface area contributed by atoms with E-state index < -0.39 is 0 Å². The second kappa shape index (κ2) is 9.37. The average Bonchev–Trinajstić information content (AvgIpc) is 2.79. The maximum atomic E-state index is 13.6. The molecule has 2 aromatic carbocycles. The molecule has 4 rings (SSSR count). The van der Waals surface area contributed by atoms with Crippen molar-refractivity contribution in [1.29, 1.82) is 0 Å². The Morgan fingerprint density at radius 2 is 1.94 bits per heavy atom. The molecule has 160 valence electrons. The van der Waals surface area contributed by atoms with Gasteiger partial charge in [-0.3, -0.25) is 9.69 Å². The molecule has 0 saturated carbocycles. The fourth-order valence-electron chi connectivity index (χ4n) is 3.89. The number of carbonyl (C=O) groups excluding carboxylic acids is 1. The highest BCUT2D eigenvalue weighted by molar-refractivity contribution is 6.04. The number of halogens is 1. The molecule has 1 fully saturated rings. The molecule has 1 N–H and O–H groups in total. The van der Waals surface area contributed by atoms with Crippen LogP contribution >= 0.6 is 0 Å². The molecule has 1 atom stereocenters. The fraction of sp³-hybridized carbons (Fsp3) is 0.280. The van der Waals surface area contributed by atoms with Gasteiger partial charge in [-0.2, -0.15) is 0 Å². The number of pyridine rings is 1. The first-order chi connectivity index (χ1) is 15.0. The highest BCUT2D eigenvalue weighted by Crippen LogP contribution is 2.21. The van der Waals surface area contributed by atoms with Crippen LogP contribution in [-0.4, -0.2) is 48.5 Å². The predicted octanol–water partition coefficient (Wildman–Crippen LogP) is 3.96. The van der Waals surface area contributed by atoms with Crippen molar-refractivity contribution in [3.63, 3.8) is 0 Å². The van der Waals surface area contributed by atoms with Crippen LogP contribution in [0, 0.1) is 5.82 Å². The predicted molar refractivity (Wildman–Crippen MR) is 122 cm³/mol. The second-order valence-corrected chi connectivity index (χ2v) is 8.04. The van der Waals surface area contributed by atoms with E-state index in [1.165, 1.54) is 17.7 Å². The summed E-state index contributed by atoms with van der Waals surface area (Å²) in [4.78, 5) is 21.5. The maximum absolute atomic E-state index is 13.6. The van der Waals surface area contributed by atoms with Crippen LogP contribution in [0.3, 0.4) is 0 Å². The fourth-order valence-corrected chi connectivity index (χ4v) is 3.89. The lowest BCUT2D eigenvalue weighted by atomic mass is 10.1. The standard InChI is InChI=1S/C25H27FN4O/c1-18-16-30(14-13-27-18)17-19-9-11-22(12-10-19)29(2)25(31)24-8-4-7-23(28-24)20-5-3-6-21(26)15-20/h3-12,15,18,27H,13-14,16-17H2,1-2H3/t18-/m0/s1. The van der Waals surface area contributed by atoms with Crippen LogP contribution in [0.15, 0.2) is 66.7 Å². The quantitative estimate of drug-likeness (QED) is 0.682. The van der Waals surface area contributed by atoms with Gasteiger partial charge >= 0.3 is 0 Å².